The van der Waals surface area contributed by atoms with Crippen LogP contribution >= 0.6 is 11.6 Å². The molecule has 3 rings (SSSR count). The molecule has 2 aromatic rings. The molecular weight excluding hydrogens is 316 g/mol. The van der Waals surface area contributed by atoms with Crippen molar-refractivity contribution in [3.8, 4) is 5.75 Å². The molecule has 0 radical (unpaired) electrons. The second-order valence-electron chi connectivity index (χ2n) is 5.20. The number of morpholine rings is 1. The Balaban J connectivity index is 1.58. The SMILES string of the molecule is O=C(COc1ccccc1Cl)N1CCOC(c2ccncc2)C1. The molecule has 0 aliphatic carbocycles. The number of benzene rings is 1. The number of pyridine rings is 1. The zero-order chi connectivity index (χ0) is 16.1. The van der Waals surface area contributed by atoms with E-state index in [4.69, 9.17) is 21.1 Å². The minimum atomic E-state index is -0.129. The zero-order valence-electron chi connectivity index (χ0n) is 12.5. The number of ether oxygens (including phenoxy) is 2. The lowest BCUT2D eigenvalue weighted by Crippen LogP contribution is -2.44. The second-order valence-corrected chi connectivity index (χ2v) is 5.61. The lowest BCUT2D eigenvalue weighted by Gasteiger charge is -2.33. The Morgan fingerprint density at radius 3 is 2.87 bits per heavy atom. The Morgan fingerprint density at radius 1 is 1.30 bits per heavy atom. The van der Waals surface area contributed by atoms with Crippen molar-refractivity contribution in [3.05, 3.63) is 59.4 Å². The van der Waals surface area contributed by atoms with Crippen LogP contribution in [0.1, 0.15) is 11.7 Å². The predicted molar refractivity (Wildman–Crippen MR) is 86.5 cm³/mol. The molecule has 0 bridgehead atoms. The van der Waals surface area contributed by atoms with E-state index in [1.165, 1.54) is 0 Å². The minimum Gasteiger partial charge on any atom is -0.482 e. The lowest BCUT2D eigenvalue weighted by atomic mass is 10.1. The van der Waals surface area contributed by atoms with Crippen molar-refractivity contribution in [3.63, 3.8) is 0 Å². The summed E-state index contributed by atoms with van der Waals surface area (Å²) in [6, 6.07) is 10.9. The molecule has 0 spiro atoms. The van der Waals surface area contributed by atoms with Gasteiger partial charge in [-0.25, -0.2) is 0 Å². The van der Waals surface area contributed by atoms with Crippen LogP contribution < -0.4 is 4.74 Å². The average Bonchev–Trinajstić information content (AvgIpc) is 2.62. The predicted octanol–water partition coefficient (Wildman–Crippen LogP) is 2.71. The van der Waals surface area contributed by atoms with Gasteiger partial charge in [-0.15, -0.1) is 0 Å². The van der Waals surface area contributed by atoms with E-state index in [0.717, 1.165) is 5.56 Å². The monoisotopic (exact) mass is 332 g/mol. The first-order valence-corrected chi connectivity index (χ1v) is 7.78. The fourth-order valence-electron chi connectivity index (χ4n) is 2.45. The van der Waals surface area contributed by atoms with Gasteiger partial charge in [0.2, 0.25) is 0 Å². The third-order valence-electron chi connectivity index (χ3n) is 3.68. The van der Waals surface area contributed by atoms with Gasteiger partial charge in [-0.2, -0.15) is 0 Å². The van der Waals surface area contributed by atoms with E-state index in [0.29, 0.717) is 30.5 Å². The Morgan fingerprint density at radius 2 is 2.09 bits per heavy atom. The van der Waals surface area contributed by atoms with Crippen LogP contribution in [0.15, 0.2) is 48.8 Å². The van der Waals surface area contributed by atoms with E-state index in [1.54, 1.807) is 29.4 Å². The van der Waals surface area contributed by atoms with E-state index in [2.05, 4.69) is 4.98 Å². The molecule has 1 aliphatic heterocycles. The third-order valence-corrected chi connectivity index (χ3v) is 4.00. The maximum atomic E-state index is 12.3. The number of nitrogens with zero attached hydrogens (tertiary/aromatic N) is 2. The van der Waals surface area contributed by atoms with Crippen LogP contribution in [0.25, 0.3) is 0 Å². The van der Waals surface area contributed by atoms with Crippen LogP contribution in [0.3, 0.4) is 0 Å². The number of carbonyl (C=O) groups is 1. The normalized spacial score (nSPS) is 17.8. The summed E-state index contributed by atoms with van der Waals surface area (Å²) in [6.45, 7) is 1.54. The smallest absolute Gasteiger partial charge is 0.260 e. The third kappa shape index (κ3) is 4.00. The Bertz CT molecular complexity index is 666. The molecule has 1 amide bonds. The van der Waals surface area contributed by atoms with Crippen molar-refractivity contribution in [2.45, 2.75) is 6.10 Å². The lowest BCUT2D eigenvalue weighted by molar-refractivity contribution is -0.141. The molecule has 1 unspecified atom stereocenters. The molecule has 23 heavy (non-hydrogen) atoms. The molecule has 1 aromatic heterocycles. The fraction of sp³-hybridized carbons (Fsp3) is 0.294. The zero-order valence-corrected chi connectivity index (χ0v) is 13.3. The summed E-state index contributed by atoms with van der Waals surface area (Å²) in [4.78, 5) is 18.1. The van der Waals surface area contributed by atoms with Gasteiger partial charge in [-0.05, 0) is 29.8 Å². The van der Waals surface area contributed by atoms with Crippen LogP contribution in [0.5, 0.6) is 5.75 Å². The van der Waals surface area contributed by atoms with E-state index in [9.17, 15) is 4.79 Å². The fourth-order valence-corrected chi connectivity index (χ4v) is 2.64. The number of amides is 1. The number of hydrogen-bond acceptors (Lipinski definition) is 4. The molecule has 1 fully saturated rings. The summed E-state index contributed by atoms with van der Waals surface area (Å²) in [7, 11) is 0. The summed E-state index contributed by atoms with van der Waals surface area (Å²) in [5, 5.41) is 0.497. The van der Waals surface area contributed by atoms with E-state index in [1.807, 2.05) is 24.3 Å². The van der Waals surface area contributed by atoms with E-state index in [-0.39, 0.29) is 18.6 Å². The molecule has 120 valence electrons. The Kier molecular flexibility index (Phi) is 5.10. The molecule has 1 atom stereocenters. The summed E-state index contributed by atoms with van der Waals surface area (Å²) in [5.74, 6) is 0.439. The molecule has 5 nitrogen and oxygen atoms in total. The van der Waals surface area contributed by atoms with Gasteiger partial charge in [0.15, 0.2) is 6.61 Å². The van der Waals surface area contributed by atoms with Crippen LogP contribution in [0.2, 0.25) is 5.02 Å². The number of para-hydroxylation sites is 1. The highest BCUT2D eigenvalue weighted by Gasteiger charge is 2.25. The summed E-state index contributed by atoms with van der Waals surface area (Å²) in [6.07, 6.45) is 3.32. The molecule has 0 N–H and O–H groups in total. The topological polar surface area (TPSA) is 51.7 Å². The molecule has 1 saturated heterocycles. The van der Waals surface area contributed by atoms with Gasteiger partial charge in [0.05, 0.1) is 18.2 Å². The number of carbonyl (C=O) groups excluding carboxylic acids is 1. The molecule has 0 saturated carbocycles. The number of halogens is 1. The first kappa shape index (κ1) is 15.8. The maximum Gasteiger partial charge on any atom is 0.260 e. The highest BCUT2D eigenvalue weighted by atomic mass is 35.5. The van der Waals surface area contributed by atoms with Gasteiger partial charge in [-0.3, -0.25) is 9.78 Å². The van der Waals surface area contributed by atoms with Crippen molar-refractivity contribution in [2.24, 2.45) is 0 Å². The maximum absolute atomic E-state index is 12.3. The van der Waals surface area contributed by atoms with Crippen molar-refractivity contribution in [1.82, 2.24) is 9.88 Å². The first-order valence-electron chi connectivity index (χ1n) is 7.40. The van der Waals surface area contributed by atoms with Gasteiger partial charge >= 0.3 is 0 Å². The number of rotatable bonds is 4. The van der Waals surface area contributed by atoms with E-state index >= 15 is 0 Å². The Hall–Kier alpha value is -2.11. The second kappa shape index (κ2) is 7.44. The quantitative estimate of drug-likeness (QED) is 0.864. The van der Waals surface area contributed by atoms with Gasteiger partial charge in [0.25, 0.3) is 5.91 Å². The van der Waals surface area contributed by atoms with Gasteiger partial charge < -0.3 is 14.4 Å². The molecule has 6 heteroatoms. The highest BCUT2D eigenvalue weighted by Crippen LogP contribution is 2.24. The first-order chi connectivity index (χ1) is 11.2. The standard InChI is InChI=1S/C17H17ClN2O3/c18-14-3-1-2-4-15(14)23-12-17(21)20-9-10-22-16(11-20)13-5-7-19-8-6-13/h1-8,16H,9-12H2. The van der Waals surface area contributed by atoms with Crippen LogP contribution in [-0.2, 0) is 9.53 Å². The number of hydrogen-bond donors (Lipinski definition) is 0. The molecular formula is C17H17ClN2O3. The molecule has 1 aliphatic rings. The van der Waals surface area contributed by atoms with Crippen LogP contribution in [-0.4, -0.2) is 42.1 Å². The summed E-state index contributed by atoms with van der Waals surface area (Å²) < 4.78 is 11.3. The largest absolute Gasteiger partial charge is 0.482 e. The van der Waals surface area contributed by atoms with Crippen molar-refractivity contribution in [1.29, 1.82) is 0 Å². The van der Waals surface area contributed by atoms with Crippen LogP contribution in [0.4, 0.5) is 0 Å². The van der Waals surface area contributed by atoms with Gasteiger partial charge in [-0.1, -0.05) is 23.7 Å². The molecule has 1 aromatic carbocycles. The summed E-state index contributed by atoms with van der Waals surface area (Å²) in [5.41, 5.74) is 1.02. The van der Waals surface area contributed by atoms with Crippen molar-refractivity contribution >= 4 is 17.5 Å². The van der Waals surface area contributed by atoms with Gasteiger partial charge in [0.1, 0.15) is 11.9 Å². The van der Waals surface area contributed by atoms with Crippen molar-refractivity contribution in [2.75, 3.05) is 26.3 Å². The molecule has 2 heterocycles. The highest BCUT2D eigenvalue weighted by molar-refractivity contribution is 6.32. The summed E-state index contributed by atoms with van der Waals surface area (Å²) >= 11 is 6.02. The van der Waals surface area contributed by atoms with E-state index < -0.39 is 0 Å². The average molecular weight is 333 g/mol. The van der Waals surface area contributed by atoms with Crippen LogP contribution in [0, 0.1) is 0 Å². The van der Waals surface area contributed by atoms with Gasteiger partial charge in [0, 0.05) is 18.9 Å². The number of aromatic nitrogens is 1. The van der Waals surface area contributed by atoms with Crippen molar-refractivity contribution < 1.29 is 14.3 Å². The Labute approximate surface area is 139 Å². The minimum absolute atomic E-state index is 0.0349.